The molecule has 0 fully saturated rings. The van der Waals surface area contributed by atoms with Crippen LogP contribution in [0.25, 0.3) is 0 Å². The van der Waals surface area contributed by atoms with Gasteiger partial charge in [0.05, 0.1) is 5.56 Å². The van der Waals surface area contributed by atoms with Gasteiger partial charge in [0, 0.05) is 18.6 Å². The molecule has 1 heterocycles. The molecule has 1 aromatic rings. The topological polar surface area (TPSA) is 41.2 Å². The van der Waals surface area contributed by atoms with Crippen molar-refractivity contribution in [2.75, 3.05) is 0 Å². The number of aromatic carboxylic acids is 1. The average Bonchev–Trinajstić information content (AvgIpc) is 2.49. The van der Waals surface area contributed by atoms with Gasteiger partial charge in [-0.25, -0.2) is 9.36 Å². The van der Waals surface area contributed by atoms with Crippen molar-refractivity contribution < 1.29 is 14.5 Å². The number of unbranched alkanes of at least 4 members (excludes halogenated alkanes) is 8. The number of carboxylic acid groups (broad SMARTS) is 1. The number of nitrogens with zero attached hydrogens (tertiary/aromatic N) is 1. The van der Waals surface area contributed by atoms with Crippen molar-refractivity contribution >= 4 is 5.97 Å². The minimum Gasteiger partial charge on any atom is -0.478 e. The van der Waals surface area contributed by atoms with Gasteiger partial charge < -0.3 is 5.11 Å². The van der Waals surface area contributed by atoms with Gasteiger partial charge in [-0.2, -0.15) is 0 Å². The minimum atomic E-state index is -0.811. The van der Waals surface area contributed by atoms with Crippen LogP contribution in [-0.2, 0) is 13.5 Å². The van der Waals surface area contributed by atoms with Gasteiger partial charge in [-0.15, -0.1) is 0 Å². The molecule has 1 N–H and O–H groups in total. The predicted molar refractivity (Wildman–Crippen MR) is 90.2 cm³/mol. The van der Waals surface area contributed by atoms with Gasteiger partial charge in [0.15, 0.2) is 11.9 Å². The van der Waals surface area contributed by atoms with E-state index in [1.54, 1.807) is 6.07 Å². The minimum absolute atomic E-state index is 0.468. The summed E-state index contributed by atoms with van der Waals surface area (Å²) in [6.45, 7) is 4.26. The molecule has 1 rings (SSSR count). The molecule has 22 heavy (non-hydrogen) atoms. The molecule has 3 heteroatoms. The third-order valence-electron chi connectivity index (χ3n) is 4.52. The highest BCUT2D eigenvalue weighted by atomic mass is 16.4. The number of hydrogen-bond donors (Lipinski definition) is 1. The van der Waals surface area contributed by atoms with E-state index in [2.05, 4.69) is 6.92 Å². The fourth-order valence-corrected chi connectivity index (χ4v) is 2.93. The fourth-order valence-electron chi connectivity index (χ4n) is 2.93. The van der Waals surface area contributed by atoms with Crippen LogP contribution in [-0.4, -0.2) is 11.1 Å². The standard InChI is InChI=1S/C19H31NO2/c1-4-5-6-7-8-9-10-11-12-13-17-16(2)20(3)15-14-18(17)19(21)22/h14-15H,4-13H2,1-3H3/p+1. The normalized spacial score (nSPS) is 10.9. The zero-order valence-electron chi connectivity index (χ0n) is 14.5. The summed E-state index contributed by atoms with van der Waals surface area (Å²) in [7, 11) is 1.97. The SMILES string of the molecule is CCCCCCCCCCCc1c(C(=O)O)cc[n+](C)c1C. The monoisotopic (exact) mass is 306 g/mol. The van der Waals surface area contributed by atoms with Gasteiger partial charge in [0.2, 0.25) is 0 Å². The Morgan fingerprint density at radius 3 is 2.14 bits per heavy atom. The van der Waals surface area contributed by atoms with Crippen molar-refractivity contribution in [1.29, 1.82) is 0 Å². The van der Waals surface area contributed by atoms with Crippen molar-refractivity contribution in [1.82, 2.24) is 0 Å². The van der Waals surface area contributed by atoms with E-state index in [0.29, 0.717) is 5.56 Å². The number of rotatable bonds is 11. The van der Waals surface area contributed by atoms with Crippen LogP contribution in [0.3, 0.4) is 0 Å². The average molecular weight is 306 g/mol. The summed E-state index contributed by atoms with van der Waals surface area (Å²) in [4.78, 5) is 11.3. The molecule has 124 valence electrons. The van der Waals surface area contributed by atoms with E-state index >= 15 is 0 Å². The zero-order chi connectivity index (χ0) is 16.4. The summed E-state index contributed by atoms with van der Waals surface area (Å²) in [5.74, 6) is -0.811. The van der Waals surface area contributed by atoms with E-state index in [-0.39, 0.29) is 0 Å². The lowest BCUT2D eigenvalue weighted by Crippen LogP contribution is -2.33. The van der Waals surface area contributed by atoms with Gasteiger partial charge in [-0.3, -0.25) is 0 Å². The summed E-state index contributed by atoms with van der Waals surface area (Å²) in [5, 5.41) is 9.32. The van der Waals surface area contributed by atoms with Crippen LogP contribution in [0.4, 0.5) is 0 Å². The first-order valence-corrected chi connectivity index (χ1v) is 8.79. The Morgan fingerprint density at radius 2 is 1.59 bits per heavy atom. The second-order valence-electron chi connectivity index (χ2n) is 6.29. The molecule has 0 aliphatic heterocycles. The number of carboxylic acids is 1. The Kier molecular flexibility index (Phi) is 8.79. The molecular formula is C19H32NO2+. The third-order valence-corrected chi connectivity index (χ3v) is 4.52. The lowest BCUT2D eigenvalue weighted by Gasteiger charge is -2.08. The zero-order valence-corrected chi connectivity index (χ0v) is 14.5. The smallest absolute Gasteiger partial charge is 0.336 e. The van der Waals surface area contributed by atoms with Crippen LogP contribution in [0, 0.1) is 6.92 Å². The van der Waals surface area contributed by atoms with Crippen LogP contribution < -0.4 is 4.57 Å². The number of pyridine rings is 1. The van der Waals surface area contributed by atoms with Crippen molar-refractivity contribution in [3.8, 4) is 0 Å². The molecule has 0 radical (unpaired) electrons. The van der Waals surface area contributed by atoms with E-state index in [1.165, 1.54) is 51.4 Å². The van der Waals surface area contributed by atoms with Gasteiger partial charge in [0.1, 0.15) is 7.05 Å². The highest BCUT2D eigenvalue weighted by Gasteiger charge is 2.17. The van der Waals surface area contributed by atoms with E-state index in [1.807, 2.05) is 24.7 Å². The Bertz CT molecular complexity index is 469. The summed E-state index contributed by atoms with van der Waals surface area (Å²) < 4.78 is 2.01. The molecule has 0 aliphatic rings. The summed E-state index contributed by atoms with van der Waals surface area (Å²) in [6, 6.07) is 1.72. The molecule has 0 saturated carbocycles. The molecule has 0 bridgehead atoms. The summed E-state index contributed by atoms with van der Waals surface area (Å²) in [5.41, 5.74) is 2.54. The number of carbonyl (C=O) groups is 1. The first-order chi connectivity index (χ1) is 10.6. The first-order valence-electron chi connectivity index (χ1n) is 8.79. The molecule has 3 nitrogen and oxygen atoms in total. The van der Waals surface area contributed by atoms with Crippen molar-refractivity contribution in [3.05, 3.63) is 29.1 Å². The third kappa shape index (κ3) is 6.17. The second kappa shape index (κ2) is 10.4. The van der Waals surface area contributed by atoms with Gasteiger partial charge in [-0.1, -0.05) is 58.3 Å². The molecule has 0 aliphatic carbocycles. The van der Waals surface area contributed by atoms with Crippen molar-refractivity contribution in [3.63, 3.8) is 0 Å². The lowest BCUT2D eigenvalue weighted by atomic mass is 9.99. The van der Waals surface area contributed by atoms with Crippen LogP contribution in [0.15, 0.2) is 12.3 Å². The van der Waals surface area contributed by atoms with E-state index in [9.17, 15) is 9.90 Å². The molecule has 0 saturated heterocycles. The highest BCUT2D eigenvalue weighted by molar-refractivity contribution is 5.89. The molecule has 1 aromatic heterocycles. The Hall–Kier alpha value is -1.38. The molecule has 0 unspecified atom stereocenters. The number of aryl methyl sites for hydroxylation is 1. The van der Waals surface area contributed by atoms with E-state index in [4.69, 9.17) is 0 Å². The maximum atomic E-state index is 11.3. The summed E-state index contributed by atoms with van der Waals surface area (Å²) in [6.07, 6.45) is 14.3. The number of aromatic nitrogens is 1. The Labute approximate surface area is 135 Å². The fraction of sp³-hybridized carbons (Fsp3) is 0.684. The Balaban J connectivity index is 2.33. The maximum absolute atomic E-state index is 11.3. The molecular weight excluding hydrogens is 274 g/mol. The van der Waals surface area contributed by atoms with Crippen LogP contribution in [0.1, 0.15) is 86.3 Å². The quantitative estimate of drug-likeness (QED) is 0.480. The van der Waals surface area contributed by atoms with Gasteiger partial charge >= 0.3 is 5.97 Å². The van der Waals surface area contributed by atoms with E-state index in [0.717, 1.165) is 24.1 Å². The van der Waals surface area contributed by atoms with Gasteiger partial charge in [0.25, 0.3) is 0 Å². The first kappa shape index (κ1) is 18.7. The largest absolute Gasteiger partial charge is 0.478 e. The second-order valence-corrected chi connectivity index (χ2v) is 6.29. The highest BCUT2D eigenvalue weighted by Crippen LogP contribution is 2.16. The van der Waals surface area contributed by atoms with Crippen LogP contribution in [0.5, 0.6) is 0 Å². The molecule has 0 aromatic carbocycles. The molecule has 0 spiro atoms. The molecule has 0 amide bonds. The predicted octanol–water partition coefficient (Wildman–Crippen LogP) is 4.59. The molecule has 0 atom stereocenters. The van der Waals surface area contributed by atoms with Gasteiger partial charge in [-0.05, 0) is 12.8 Å². The number of hydrogen-bond acceptors (Lipinski definition) is 1. The Morgan fingerprint density at radius 1 is 1.05 bits per heavy atom. The maximum Gasteiger partial charge on any atom is 0.336 e. The van der Waals surface area contributed by atoms with Crippen molar-refractivity contribution in [2.45, 2.75) is 78.1 Å². The summed E-state index contributed by atoms with van der Waals surface area (Å²) >= 11 is 0. The lowest BCUT2D eigenvalue weighted by molar-refractivity contribution is -0.678. The van der Waals surface area contributed by atoms with Crippen molar-refractivity contribution in [2.24, 2.45) is 7.05 Å². The van der Waals surface area contributed by atoms with E-state index < -0.39 is 5.97 Å². The van der Waals surface area contributed by atoms with Crippen LogP contribution >= 0.6 is 0 Å². The van der Waals surface area contributed by atoms with Crippen LogP contribution in [0.2, 0.25) is 0 Å².